The molecule has 0 bridgehead atoms. The highest BCUT2D eigenvalue weighted by Crippen LogP contribution is 2.22. The zero-order valence-electron chi connectivity index (χ0n) is 12.8. The first-order chi connectivity index (χ1) is 9.93. The van der Waals surface area contributed by atoms with Gasteiger partial charge in [0.25, 0.3) is 5.91 Å². The molecule has 2 aromatic rings. The van der Waals surface area contributed by atoms with Crippen LogP contribution >= 0.6 is 0 Å². The molecule has 1 aromatic heterocycles. The van der Waals surface area contributed by atoms with E-state index >= 15 is 0 Å². The summed E-state index contributed by atoms with van der Waals surface area (Å²) in [5.41, 5.74) is 7.97. The van der Waals surface area contributed by atoms with Gasteiger partial charge in [-0.05, 0) is 30.0 Å². The molecule has 5 heteroatoms. The van der Waals surface area contributed by atoms with E-state index in [4.69, 9.17) is 10.5 Å². The number of anilines is 1. The molecule has 4 N–H and O–H groups in total. The molecular weight excluding hydrogens is 266 g/mol. The number of amides is 1. The lowest BCUT2D eigenvalue weighted by Crippen LogP contribution is -2.34. The van der Waals surface area contributed by atoms with Gasteiger partial charge in [-0.15, -0.1) is 0 Å². The number of fused-ring (bicyclic) bond motifs is 1. The summed E-state index contributed by atoms with van der Waals surface area (Å²) >= 11 is 0. The zero-order chi connectivity index (χ0) is 15.5. The smallest absolute Gasteiger partial charge is 0.253 e. The highest BCUT2D eigenvalue weighted by atomic mass is 16.5. The topological polar surface area (TPSA) is 80.1 Å². The van der Waals surface area contributed by atoms with Gasteiger partial charge in [0.15, 0.2) is 0 Å². The number of H-pyrrole nitrogens is 1. The van der Waals surface area contributed by atoms with E-state index in [-0.39, 0.29) is 11.3 Å². The molecule has 114 valence electrons. The van der Waals surface area contributed by atoms with Crippen molar-refractivity contribution in [1.82, 2.24) is 10.3 Å². The minimum atomic E-state index is -0.0858. The Morgan fingerprint density at radius 3 is 2.90 bits per heavy atom. The first kappa shape index (κ1) is 15.4. The van der Waals surface area contributed by atoms with Crippen LogP contribution in [0, 0.1) is 5.41 Å². The number of carbonyl (C=O) groups excluding carboxylic acids is 1. The van der Waals surface area contributed by atoms with Gasteiger partial charge < -0.3 is 20.8 Å². The second-order valence-electron chi connectivity index (χ2n) is 6.10. The van der Waals surface area contributed by atoms with E-state index < -0.39 is 0 Å². The fourth-order valence-electron chi connectivity index (χ4n) is 2.21. The highest BCUT2D eigenvalue weighted by molar-refractivity contribution is 6.07. The summed E-state index contributed by atoms with van der Waals surface area (Å²) in [4.78, 5) is 15.4. The van der Waals surface area contributed by atoms with Crippen molar-refractivity contribution in [3.63, 3.8) is 0 Å². The normalized spacial score (nSPS) is 11.8. The van der Waals surface area contributed by atoms with Crippen molar-refractivity contribution in [2.45, 2.75) is 20.3 Å². The van der Waals surface area contributed by atoms with Gasteiger partial charge in [-0.3, -0.25) is 4.79 Å². The quantitative estimate of drug-likeness (QED) is 0.715. The van der Waals surface area contributed by atoms with E-state index in [9.17, 15) is 4.79 Å². The van der Waals surface area contributed by atoms with Crippen molar-refractivity contribution >= 4 is 22.5 Å². The number of nitrogen functional groups attached to an aromatic ring is 1. The maximum Gasteiger partial charge on any atom is 0.253 e. The Bertz CT molecular complexity index is 631. The number of hydrogen-bond donors (Lipinski definition) is 3. The minimum Gasteiger partial charge on any atom is -0.399 e. The van der Waals surface area contributed by atoms with Gasteiger partial charge in [0, 0.05) is 43.0 Å². The number of carbonyl (C=O) groups is 1. The van der Waals surface area contributed by atoms with Gasteiger partial charge in [0.2, 0.25) is 0 Å². The molecule has 0 atom stereocenters. The molecule has 0 saturated heterocycles. The molecule has 5 nitrogen and oxygen atoms in total. The number of aromatic amines is 1. The SMILES string of the molecule is COCCC(C)(C)CNC(=O)c1c[nH]c2ccc(N)cc12. The van der Waals surface area contributed by atoms with Gasteiger partial charge in [-0.2, -0.15) is 0 Å². The van der Waals surface area contributed by atoms with Crippen LogP contribution in [0.2, 0.25) is 0 Å². The zero-order valence-corrected chi connectivity index (χ0v) is 12.8. The van der Waals surface area contributed by atoms with Crippen molar-refractivity contribution in [1.29, 1.82) is 0 Å². The number of aromatic nitrogens is 1. The summed E-state index contributed by atoms with van der Waals surface area (Å²) in [5, 5.41) is 3.84. The average molecular weight is 289 g/mol. The first-order valence-corrected chi connectivity index (χ1v) is 7.07. The van der Waals surface area contributed by atoms with Crippen molar-refractivity contribution < 1.29 is 9.53 Å². The Labute approximate surface area is 124 Å². The third kappa shape index (κ3) is 3.76. The number of methoxy groups -OCH3 is 1. The van der Waals surface area contributed by atoms with E-state index in [2.05, 4.69) is 24.1 Å². The molecule has 0 radical (unpaired) electrons. The van der Waals surface area contributed by atoms with Crippen molar-refractivity contribution in [2.24, 2.45) is 5.41 Å². The van der Waals surface area contributed by atoms with Crippen LogP contribution in [-0.4, -0.2) is 31.2 Å². The van der Waals surface area contributed by atoms with Gasteiger partial charge in [-0.1, -0.05) is 13.8 Å². The van der Waals surface area contributed by atoms with Crippen molar-refractivity contribution in [2.75, 3.05) is 26.0 Å². The Kier molecular flexibility index (Phi) is 4.53. The lowest BCUT2D eigenvalue weighted by molar-refractivity contribution is 0.0922. The predicted molar refractivity (Wildman–Crippen MR) is 85.3 cm³/mol. The lowest BCUT2D eigenvalue weighted by Gasteiger charge is -2.24. The maximum absolute atomic E-state index is 12.3. The number of hydrogen-bond acceptors (Lipinski definition) is 3. The molecule has 0 aliphatic carbocycles. The van der Waals surface area contributed by atoms with Crippen molar-refractivity contribution in [3.8, 4) is 0 Å². The molecule has 1 aromatic carbocycles. The average Bonchev–Trinajstić information content (AvgIpc) is 2.86. The third-order valence-electron chi connectivity index (χ3n) is 3.66. The van der Waals surface area contributed by atoms with Crippen LogP contribution in [0.5, 0.6) is 0 Å². The third-order valence-corrected chi connectivity index (χ3v) is 3.66. The fourth-order valence-corrected chi connectivity index (χ4v) is 2.21. The maximum atomic E-state index is 12.3. The van der Waals surface area contributed by atoms with E-state index in [0.29, 0.717) is 24.4 Å². The molecule has 1 heterocycles. The van der Waals surface area contributed by atoms with Gasteiger partial charge in [-0.25, -0.2) is 0 Å². The van der Waals surface area contributed by atoms with E-state index in [1.54, 1.807) is 13.3 Å². The van der Waals surface area contributed by atoms with E-state index in [1.165, 1.54) is 0 Å². The molecule has 1 amide bonds. The van der Waals surface area contributed by atoms with E-state index in [0.717, 1.165) is 17.3 Å². The number of nitrogens with one attached hydrogen (secondary N) is 2. The minimum absolute atomic E-state index is 0.00317. The number of rotatable bonds is 6. The largest absolute Gasteiger partial charge is 0.399 e. The molecule has 0 aliphatic heterocycles. The van der Waals surface area contributed by atoms with Gasteiger partial charge in [0.05, 0.1) is 5.56 Å². The van der Waals surface area contributed by atoms with Crippen LogP contribution in [0.1, 0.15) is 30.6 Å². The van der Waals surface area contributed by atoms with Gasteiger partial charge in [0.1, 0.15) is 0 Å². The second kappa shape index (κ2) is 6.18. The molecule has 0 aliphatic rings. The standard InChI is InChI=1S/C16H23N3O2/c1-16(2,6-7-21-3)10-19-15(20)13-9-18-14-5-4-11(17)8-12(13)14/h4-5,8-9,18H,6-7,10,17H2,1-3H3,(H,19,20). The molecule has 0 saturated carbocycles. The summed E-state index contributed by atoms with van der Waals surface area (Å²) in [5.74, 6) is -0.0858. The molecule has 0 unspecified atom stereocenters. The monoisotopic (exact) mass is 289 g/mol. The lowest BCUT2D eigenvalue weighted by atomic mass is 9.89. The van der Waals surface area contributed by atoms with Crippen LogP contribution in [0.4, 0.5) is 5.69 Å². The van der Waals surface area contributed by atoms with Crippen LogP contribution in [-0.2, 0) is 4.74 Å². The Hall–Kier alpha value is -2.01. The van der Waals surface area contributed by atoms with Gasteiger partial charge >= 0.3 is 0 Å². The second-order valence-corrected chi connectivity index (χ2v) is 6.10. The number of ether oxygens (including phenoxy) is 1. The summed E-state index contributed by atoms with van der Waals surface area (Å²) in [6.45, 7) is 5.51. The fraction of sp³-hybridized carbons (Fsp3) is 0.438. The summed E-state index contributed by atoms with van der Waals surface area (Å²) in [6.07, 6.45) is 2.62. The summed E-state index contributed by atoms with van der Waals surface area (Å²) in [6, 6.07) is 5.51. The Morgan fingerprint density at radius 1 is 1.43 bits per heavy atom. The summed E-state index contributed by atoms with van der Waals surface area (Å²) in [7, 11) is 1.69. The Morgan fingerprint density at radius 2 is 2.19 bits per heavy atom. The van der Waals surface area contributed by atoms with E-state index in [1.807, 2.05) is 18.2 Å². The molecule has 0 fully saturated rings. The molecular formula is C16H23N3O2. The predicted octanol–water partition coefficient (Wildman–Crippen LogP) is 2.54. The highest BCUT2D eigenvalue weighted by Gasteiger charge is 2.20. The number of nitrogens with two attached hydrogens (primary N) is 1. The van der Waals surface area contributed by atoms with Crippen LogP contribution < -0.4 is 11.1 Å². The van der Waals surface area contributed by atoms with Crippen molar-refractivity contribution in [3.05, 3.63) is 30.0 Å². The Balaban J connectivity index is 2.07. The van der Waals surface area contributed by atoms with Crippen LogP contribution in [0.3, 0.4) is 0 Å². The van der Waals surface area contributed by atoms with Crippen LogP contribution in [0.15, 0.2) is 24.4 Å². The molecule has 21 heavy (non-hydrogen) atoms. The number of benzene rings is 1. The summed E-state index contributed by atoms with van der Waals surface area (Å²) < 4.78 is 5.10. The first-order valence-electron chi connectivity index (χ1n) is 7.07. The van der Waals surface area contributed by atoms with Crippen LogP contribution in [0.25, 0.3) is 10.9 Å². The molecule has 2 rings (SSSR count). The molecule has 0 spiro atoms.